The molecule has 2 heterocycles. The van der Waals surface area contributed by atoms with E-state index in [1.807, 2.05) is 11.9 Å². The molecule has 0 amide bonds. The molecule has 2 aromatic rings. The maximum Gasteiger partial charge on any atom is 0.205 e. The number of nitrogens with two attached hydrogens (primary N) is 1. The van der Waals surface area contributed by atoms with E-state index in [9.17, 15) is 14.0 Å². The molecule has 0 aromatic heterocycles. The van der Waals surface area contributed by atoms with Crippen LogP contribution in [0.5, 0.6) is 0 Å². The first kappa shape index (κ1) is 18.9. The molecule has 0 saturated carbocycles. The molecule has 2 aliphatic heterocycles. The van der Waals surface area contributed by atoms with Crippen LogP contribution in [0.4, 0.5) is 8.78 Å². The Balaban J connectivity index is 1.91. The minimum atomic E-state index is -0.656. The van der Waals surface area contributed by atoms with Crippen molar-refractivity contribution in [3.05, 3.63) is 99.7 Å². The van der Waals surface area contributed by atoms with Gasteiger partial charge in [0.1, 0.15) is 29.0 Å². The second-order valence-electron chi connectivity index (χ2n) is 7.16. The lowest BCUT2D eigenvalue weighted by molar-refractivity contribution is 0.251. The number of hydrogen-bond acceptors (Lipinski definition) is 4. The fourth-order valence-electron chi connectivity index (χ4n) is 3.89. The number of likely N-dealkylation sites (N-methyl/N-ethyl adjacent to an activating group) is 1. The third-order valence-corrected chi connectivity index (χ3v) is 5.15. The third-order valence-electron chi connectivity index (χ3n) is 5.15. The number of ether oxygens (including phenoxy) is 1. The van der Waals surface area contributed by atoms with Gasteiger partial charge in [0.2, 0.25) is 5.88 Å². The standard InChI is InChI=1S/C23H19F2N3O/c1-28-12-15(10-14-6-2-4-8-19(14)24)22-18(13-28)21(17(11-26)23(27)29-22)16-7-3-5-9-20(16)25/h2-10,21H,12-13,27H2,1H3/b15-10+. The van der Waals surface area contributed by atoms with Crippen molar-refractivity contribution in [1.29, 1.82) is 5.26 Å². The SMILES string of the molecule is CN1CC2=C(OC(N)=C(C#N)C2c2ccccc2F)/C(=C/c2ccccc2F)C1. The molecule has 2 N–H and O–H groups in total. The topological polar surface area (TPSA) is 62.3 Å². The smallest absolute Gasteiger partial charge is 0.205 e. The minimum Gasteiger partial charge on any atom is -0.440 e. The second kappa shape index (κ2) is 7.53. The highest BCUT2D eigenvalue weighted by Gasteiger charge is 2.38. The first-order valence-electron chi connectivity index (χ1n) is 9.18. The van der Waals surface area contributed by atoms with Crippen LogP contribution in [-0.4, -0.2) is 25.0 Å². The van der Waals surface area contributed by atoms with Crippen LogP contribution >= 0.6 is 0 Å². The summed E-state index contributed by atoms with van der Waals surface area (Å²) in [6.45, 7) is 0.980. The largest absolute Gasteiger partial charge is 0.440 e. The summed E-state index contributed by atoms with van der Waals surface area (Å²) in [5.74, 6) is -0.992. The molecule has 1 unspecified atom stereocenters. The average molecular weight is 391 g/mol. The zero-order valence-corrected chi connectivity index (χ0v) is 15.8. The summed E-state index contributed by atoms with van der Waals surface area (Å²) in [7, 11) is 1.91. The van der Waals surface area contributed by atoms with Gasteiger partial charge in [0.25, 0.3) is 0 Å². The first-order chi connectivity index (χ1) is 14.0. The fraction of sp³-hybridized carbons (Fsp3) is 0.174. The highest BCUT2D eigenvalue weighted by Crippen LogP contribution is 2.44. The number of allylic oxidation sites excluding steroid dienone is 1. The highest BCUT2D eigenvalue weighted by atomic mass is 19.1. The Kier molecular flexibility index (Phi) is 4.91. The van der Waals surface area contributed by atoms with Crippen molar-refractivity contribution >= 4 is 6.08 Å². The van der Waals surface area contributed by atoms with Crippen LogP contribution in [-0.2, 0) is 4.74 Å². The molecule has 0 aliphatic carbocycles. The van der Waals surface area contributed by atoms with Crippen LogP contribution in [0, 0.1) is 23.0 Å². The van der Waals surface area contributed by atoms with Gasteiger partial charge in [0.05, 0.1) is 5.92 Å². The van der Waals surface area contributed by atoms with E-state index in [1.165, 1.54) is 12.1 Å². The molecule has 2 aliphatic rings. The Labute approximate surface area is 167 Å². The lowest BCUT2D eigenvalue weighted by Crippen LogP contribution is -2.36. The van der Waals surface area contributed by atoms with Gasteiger partial charge in [-0.05, 0) is 30.8 Å². The van der Waals surface area contributed by atoms with Gasteiger partial charge in [-0.3, -0.25) is 4.90 Å². The van der Waals surface area contributed by atoms with Crippen LogP contribution in [0.25, 0.3) is 6.08 Å². The Morgan fingerprint density at radius 1 is 1.10 bits per heavy atom. The van der Waals surface area contributed by atoms with Crippen molar-refractivity contribution < 1.29 is 13.5 Å². The molecule has 0 fully saturated rings. The maximum atomic E-state index is 14.6. The summed E-state index contributed by atoms with van der Waals surface area (Å²) in [5, 5.41) is 9.69. The Hall–Kier alpha value is -3.43. The van der Waals surface area contributed by atoms with Gasteiger partial charge < -0.3 is 10.5 Å². The van der Waals surface area contributed by atoms with Gasteiger partial charge >= 0.3 is 0 Å². The predicted molar refractivity (Wildman–Crippen MR) is 106 cm³/mol. The van der Waals surface area contributed by atoms with Crippen molar-refractivity contribution in [2.45, 2.75) is 5.92 Å². The van der Waals surface area contributed by atoms with Crippen molar-refractivity contribution in [1.82, 2.24) is 4.90 Å². The van der Waals surface area contributed by atoms with Crippen molar-refractivity contribution in [2.24, 2.45) is 5.73 Å². The number of rotatable bonds is 2. The maximum absolute atomic E-state index is 14.6. The van der Waals surface area contributed by atoms with E-state index < -0.39 is 11.7 Å². The molecule has 1 atom stereocenters. The lowest BCUT2D eigenvalue weighted by Gasteiger charge is -2.37. The van der Waals surface area contributed by atoms with Crippen LogP contribution in [0.3, 0.4) is 0 Å². The van der Waals surface area contributed by atoms with Gasteiger partial charge in [0, 0.05) is 29.8 Å². The zero-order chi connectivity index (χ0) is 20.5. The van der Waals surface area contributed by atoms with Crippen molar-refractivity contribution in [3.63, 3.8) is 0 Å². The summed E-state index contributed by atoms with van der Waals surface area (Å²) in [4.78, 5) is 2.01. The number of hydrogen-bond donors (Lipinski definition) is 1. The lowest BCUT2D eigenvalue weighted by atomic mass is 9.80. The Bertz CT molecular complexity index is 1110. The quantitative estimate of drug-likeness (QED) is 0.839. The van der Waals surface area contributed by atoms with Crippen LogP contribution in [0.15, 0.2) is 76.9 Å². The van der Waals surface area contributed by atoms with Crippen molar-refractivity contribution in [2.75, 3.05) is 20.1 Å². The number of nitrogens with zero attached hydrogens (tertiary/aromatic N) is 2. The zero-order valence-electron chi connectivity index (χ0n) is 15.8. The summed E-state index contributed by atoms with van der Waals surface area (Å²) < 4.78 is 34.7. The van der Waals surface area contributed by atoms with E-state index in [1.54, 1.807) is 42.5 Å². The Morgan fingerprint density at radius 2 is 1.79 bits per heavy atom. The summed E-state index contributed by atoms with van der Waals surface area (Å²) in [6.07, 6.45) is 1.71. The molecule has 29 heavy (non-hydrogen) atoms. The van der Waals surface area contributed by atoms with Gasteiger partial charge in [-0.25, -0.2) is 8.78 Å². The van der Waals surface area contributed by atoms with E-state index in [0.29, 0.717) is 30.0 Å². The molecule has 2 aromatic carbocycles. The molecule has 4 nitrogen and oxygen atoms in total. The molecule has 146 valence electrons. The highest BCUT2D eigenvalue weighted by molar-refractivity contribution is 5.63. The van der Waals surface area contributed by atoms with E-state index in [4.69, 9.17) is 10.5 Å². The summed E-state index contributed by atoms with van der Waals surface area (Å²) in [6, 6.07) is 14.9. The fourth-order valence-corrected chi connectivity index (χ4v) is 3.89. The summed E-state index contributed by atoms with van der Waals surface area (Å²) in [5.41, 5.74) is 8.47. The van der Waals surface area contributed by atoms with Gasteiger partial charge in [0.15, 0.2) is 0 Å². The molecule has 4 rings (SSSR count). The summed E-state index contributed by atoms with van der Waals surface area (Å²) >= 11 is 0. The molecule has 0 radical (unpaired) electrons. The van der Waals surface area contributed by atoms with E-state index in [-0.39, 0.29) is 17.3 Å². The molecular weight excluding hydrogens is 372 g/mol. The van der Waals surface area contributed by atoms with Gasteiger partial charge in [-0.1, -0.05) is 36.4 Å². The second-order valence-corrected chi connectivity index (χ2v) is 7.16. The predicted octanol–water partition coefficient (Wildman–Crippen LogP) is 4.06. The van der Waals surface area contributed by atoms with Crippen molar-refractivity contribution in [3.8, 4) is 6.07 Å². The normalized spacial score (nSPS) is 21.0. The Morgan fingerprint density at radius 3 is 2.48 bits per heavy atom. The number of benzene rings is 2. The van der Waals surface area contributed by atoms with Gasteiger partial charge in [-0.15, -0.1) is 0 Å². The molecule has 0 spiro atoms. The number of halogens is 2. The molecular formula is C23H19F2N3O. The van der Waals surface area contributed by atoms with Crippen LogP contribution in [0.2, 0.25) is 0 Å². The monoisotopic (exact) mass is 391 g/mol. The van der Waals surface area contributed by atoms with E-state index in [0.717, 1.165) is 11.1 Å². The first-order valence-corrected chi connectivity index (χ1v) is 9.18. The van der Waals surface area contributed by atoms with Gasteiger partial charge in [-0.2, -0.15) is 5.26 Å². The van der Waals surface area contributed by atoms with Crippen LogP contribution in [0.1, 0.15) is 17.0 Å². The third kappa shape index (κ3) is 3.41. The average Bonchev–Trinajstić information content (AvgIpc) is 2.70. The molecule has 0 saturated heterocycles. The van der Waals surface area contributed by atoms with Crippen LogP contribution < -0.4 is 5.73 Å². The minimum absolute atomic E-state index is 0.0523. The van der Waals surface area contributed by atoms with E-state index >= 15 is 0 Å². The van der Waals surface area contributed by atoms with E-state index in [2.05, 4.69) is 6.07 Å². The molecule has 0 bridgehead atoms. The number of nitriles is 1. The molecule has 6 heteroatoms.